The Kier molecular flexibility index (Phi) is 3.87. The van der Waals surface area contributed by atoms with Gasteiger partial charge in [-0.25, -0.2) is 8.42 Å². The van der Waals surface area contributed by atoms with E-state index in [9.17, 15) is 13.2 Å². The lowest BCUT2D eigenvalue weighted by Gasteiger charge is -2.14. The number of benzene rings is 1. The summed E-state index contributed by atoms with van der Waals surface area (Å²) in [5.74, 6) is 0. The largest absolute Gasteiger partial charge is 0.378 e. The van der Waals surface area contributed by atoms with Crippen LogP contribution in [0.2, 0.25) is 0 Å². The molecule has 108 valence electrons. The van der Waals surface area contributed by atoms with Gasteiger partial charge in [-0.05, 0) is 25.1 Å². The minimum Gasteiger partial charge on any atom is -0.378 e. The molecule has 0 aliphatic rings. The molecule has 1 aromatic heterocycles. The van der Waals surface area contributed by atoms with E-state index in [0.717, 1.165) is 5.69 Å². The lowest BCUT2D eigenvalue weighted by atomic mass is 10.3. The number of nitrogens with one attached hydrogen (secondary N) is 2. The number of hydrogen-bond donors (Lipinski definition) is 2. The molecule has 0 saturated heterocycles. The topological polar surface area (TPSA) is 82.3 Å². The minimum absolute atomic E-state index is 0.0118. The smallest absolute Gasteiger partial charge is 0.306 e. The van der Waals surface area contributed by atoms with Gasteiger partial charge in [-0.15, -0.1) is 0 Å². The Hall–Kier alpha value is -1.80. The molecule has 0 bridgehead atoms. The summed E-state index contributed by atoms with van der Waals surface area (Å²) in [5.41, 5.74) is 1.68. The van der Waals surface area contributed by atoms with Crippen molar-refractivity contribution in [2.24, 2.45) is 0 Å². The number of aryl methyl sites for hydroxylation is 1. The van der Waals surface area contributed by atoms with E-state index in [-0.39, 0.29) is 9.08 Å². The van der Waals surface area contributed by atoms with Crippen LogP contribution in [0.3, 0.4) is 0 Å². The van der Waals surface area contributed by atoms with Crippen molar-refractivity contribution in [2.45, 2.75) is 11.1 Å². The van der Waals surface area contributed by atoms with Crippen LogP contribution in [0.25, 0.3) is 0 Å². The summed E-state index contributed by atoms with van der Waals surface area (Å²) in [4.78, 5) is 15.2. The van der Waals surface area contributed by atoms with Crippen molar-refractivity contribution in [3.8, 4) is 0 Å². The fourth-order valence-electron chi connectivity index (χ4n) is 1.70. The first-order chi connectivity index (χ1) is 9.29. The molecule has 0 radical (unpaired) electrons. The van der Waals surface area contributed by atoms with E-state index in [4.69, 9.17) is 0 Å². The Balaban J connectivity index is 2.36. The highest BCUT2D eigenvalue weighted by molar-refractivity contribution is 7.94. The lowest BCUT2D eigenvalue weighted by Crippen LogP contribution is -2.14. The third-order valence-electron chi connectivity index (χ3n) is 2.64. The molecule has 0 saturated carbocycles. The van der Waals surface area contributed by atoms with Crippen LogP contribution in [0.15, 0.2) is 33.3 Å². The van der Waals surface area contributed by atoms with E-state index in [0.29, 0.717) is 22.7 Å². The van der Waals surface area contributed by atoms with Gasteiger partial charge in [0.15, 0.2) is 4.21 Å². The van der Waals surface area contributed by atoms with Crippen LogP contribution in [0.5, 0.6) is 0 Å². The monoisotopic (exact) mass is 313 g/mol. The van der Waals surface area contributed by atoms with Gasteiger partial charge in [0, 0.05) is 25.5 Å². The maximum atomic E-state index is 12.2. The van der Waals surface area contributed by atoms with Crippen molar-refractivity contribution in [1.29, 1.82) is 0 Å². The Morgan fingerprint density at radius 2 is 2.00 bits per heavy atom. The van der Waals surface area contributed by atoms with Crippen molar-refractivity contribution in [2.75, 3.05) is 23.7 Å². The predicted molar refractivity (Wildman–Crippen MR) is 81.3 cm³/mol. The third kappa shape index (κ3) is 3.02. The van der Waals surface area contributed by atoms with Crippen LogP contribution in [0.1, 0.15) is 5.69 Å². The zero-order chi connectivity index (χ0) is 14.9. The van der Waals surface area contributed by atoms with Crippen molar-refractivity contribution >= 4 is 32.7 Å². The van der Waals surface area contributed by atoms with Gasteiger partial charge in [-0.2, -0.15) is 0 Å². The summed E-state index contributed by atoms with van der Waals surface area (Å²) in [6.07, 6.45) is 0. The zero-order valence-corrected chi connectivity index (χ0v) is 12.9. The minimum atomic E-state index is -3.75. The number of nitrogens with zero attached hydrogens (tertiary/aromatic N) is 1. The van der Waals surface area contributed by atoms with Crippen LogP contribution < -0.4 is 14.5 Å². The summed E-state index contributed by atoms with van der Waals surface area (Å²) in [7, 11) is -0.00541. The number of anilines is 2. The predicted octanol–water partition coefficient (Wildman–Crippen LogP) is 1.61. The van der Waals surface area contributed by atoms with Crippen molar-refractivity contribution < 1.29 is 8.42 Å². The van der Waals surface area contributed by atoms with Crippen LogP contribution in [0.4, 0.5) is 11.4 Å². The van der Waals surface area contributed by atoms with E-state index >= 15 is 0 Å². The number of sulfonamides is 1. The number of hydrogen-bond acceptors (Lipinski definition) is 5. The van der Waals surface area contributed by atoms with Crippen LogP contribution in [-0.4, -0.2) is 27.5 Å². The van der Waals surface area contributed by atoms with E-state index in [2.05, 4.69) is 9.71 Å². The fourth-order valence-corrected chi connectivity index (χ4v) is 4.05. The second-order valence-corrected chi connectivity index (χ2v) is 7.34. The first-order valence-electron chi connectivity index (χ1n) is 5.79. The maximum absolute atomic E-state index is 12.2. The molecule has 0 aliphatic carbocycles. The number of aromatic amines is 1. The quantitative estimate of drug-likeness (QED) is 0.898. The van der Waals surface area contributed by atoms with E-state index in [1.165, 1.54) is 0 Å². The summed E-state index contributed by atoms with van der Waals surface area (Å²) in [5, 5.41) is 0. The zero-order valence-electron chi connectivity index (χ0n) is 11.3. The highest BCUT2D eigenvalue weighted by Gasteiger charge is 2.20. The summed E-state index contributed by atoms with van der Waals surface area (Å²) < 4.78 is 27.0. The van der Waals surface area contributed by atoms with E-state index in [1.54, 1.807) is 25.1 Å². The van der Waals surface area contributed by atoms with Crippen LogP contribution >= 0.6 is 11.3 Å². The Morgan fingerprint density at radius 1 is 1.30 bits per heavy atom. The van der Waals surface area contributed by atoms with Gasteiger partial charge in [0.1, 0.15) is 0 Å². The van der Waals surface area contributed by atoms with Crippen molar-refractivity contribution in [1.82, 2.24) is 4.98 Å². The highest BCUT2D eigenvalue weighted by atomic mass is 32.2. The molecule has 2 N–H and O–H groups in total. The number of thiazole rings is 1. The van der Waals surface area contributed by atoms with Crippen LogP contribution in [0, 0.1) is 6.92 Å². The molecule has 0 unspecified atom stereocenters. The standard InChI is InChI=1S/C12H15N3O3S2/c1-8-11(19-12(16)13-8)20(17,18)14-9-5-4-6-10(7-9)15(2)3/h4-7,14H,1-3H3,(H,13,16). The van der Waals surface area contributed by atoms with E-state index in [1.807, 2.05) is 25.1 Å². The molecule has 0 fully saturated rings. The molecular formula is C12H15N3O3S2. The summed E-state index contributed by atoms with van der Waals surface area (Å²) >= 11 is 0.679. The number of rotatable bonds is 4. The molecule has 6 nitrogen and oxygen atoms in total. The molecule has 0 spiro atoms. The average Bonchev–Trinajstić information content (AvgIpc) is 2.69. The lowest BCUT2D eigenvalue weighted by molar-refractivity contribution is 0.602. The van der Waals surface area contributed by atoms with Crippen LogP contribution in [-0.2, 0) is 10.0 Å². The van der Waals surface area contributed by atoms with E-state index < -0.39 is 10.0 Å². The van der Waals surface area contributed by atoms with Crippen molar-refractivity contribution in [3.05, 3.63) is 39.6 Å². The number of aromatic nitrogens is 1. The Bertz CT molecular complexity index is 775. The van der Waals surface area contributed by atoms with Gasteiger partial charge < -0.3 is 9.88 Å². The van der Waals surface area contributed by atoms with Gasteiger partial charge in [0.05, 0.1) is 5.69 Å². The number of H-pyrrole nitrogens is 1. The van der Waals surface area contributed by atoms with Gasteiger partial charge in [-0.3, -0.25) is 9.52 Å². The van der Waals surface area contributed by atoms with Gasteiger partial charge in [0.25, 0.3) is 10.0 Å². The molecule has 8 heteroatoms. The SMILES string of the molecule is Cc1[nH]c(=O)sc1S(=O)(=O)Nc1cccc(N(C)C)c1. The molecule has 1 aromatic carbocycles. The Labute approximate surface area is 121 Å². The third-order valence-corrected chi connectivity index (χ3v) is 5.63. The van der Waals surface area contributed by atoms with Crippen molar-refractivity contribution in [3.63, 3.8) is 0 Å². The summed E-state index contributed by atoms with van der Waals surface area (Å²) in [6.45, 7) is 1.56. The first kappa shape index (κ1) is 14.6. The van der Waals surface area contributed by atoms with Gasteiger partial charge in [0.2, 0.25) is 0 Å². The maximum Gasteiger partial charge on any atom is 0.306 e. The molecule has 2 rings (SSSR count). The second kappa shape index (κ2) is 5.29. The van der Waals surface area contributed by atoms with Gasteiger partial charge in [-0.1, -0.05) is 17.4 Å². The molecule has 2 aromatic rings. The molecule has 0 atom stereocenters. The molecule has 20 heavy (non-hydrogen) atoms. The highest BCUT2D eigenvalue weighted by Crippen LogP contribution is 2.23. The first-order valence-corrected chi connectivity index (χ1v) is 8.09. The summed E-state index contributed by atoms with van der Waals surface area (Å²) in [6, 6.07) is 7.02. The molecular weight excluding hydrogens is 298 g/mol. The normalized spacial score (nSPS) is 11.3. The van der Waals surface area contributed by atoms with Gasteiger partial charge >= 0.3 is 4.87 Å². The molecule has 1 heterocycles. The molecule has 0 aliphatic heterocycles. The second-order valence-electron chi connectivity index (χ2n) is 4.48. The average molecular weight is 313 g/mol. The Morgan fingerprint density at radius 3 is 2.55 bits per heavy atom. The fraction of sp³-hybridized carbons (Fsp3) is 0.250. The molecule has 0 amide bonds.